The van der Waals surface area contributed by atoms with Crippen molar-refractivity contribution in [1.82, 2.24) is 19.9 Å². The van der Waals surface area contributed by atoms with Gasteiger partial charge in [0.2, 0.25) is 0 Å². The average molecular weight is 435 g/mol. The molecule has 0 amide bonds. The van der Waals surface area contributed by atoms with E-state index in [9.17, 15) is 9.50 Å². The van der Waals surface area contributed by atoms with Crippen LogP contribution in [0.1, 0.15) is 28.9 Å². The van der Waals surface area contributed by atoms with E-state index >= 15 is 0 Å². The highest BCUT2D eigenvalue weighted by atomic mass is 32.1. The number of rotatable bonds is 5. The molecule has 31 heavy (non-hydrogen) atoms. The van der Waals surface area contributed by atoms with Gasteiger partial charge in [-0.25, -0.2) is 9.07 Å². The molecule has 5 nitrogen and oxygen atoms in total. The van der Waals surface area contributed by atoms with Gasteiger partial charge in [0.1, 0.15) is 11.5 Å². The van der Waals surface area contributed by atoms with Gasteiger partial charge >= 0.3 is 0 Å². The smallest absolute Gasteiger partial charge is 0.123 e. The van der Waals surface area contributed by atoms with Crippen LogP contribution < -0.4 is 0 Å². The van der Waals surface area contributed by atoms with Crippen LogP contribution in [0, 0.1) is 5.82 Å². The molecule has 5 rings (SSSR count). The summed E-state index contributed by atoms with van der Waals surface area (Å²) in [6.07, 6.45) is 1.91. The van der Waals surface area contributed by atoms with Gasteiger partial charge in [-0.05, 0) is 47.7 Å². The molecule has 0 unspecified atom stereocenters. The fourth-order valence-corrected chi connectivity index (χ4v) is 5.00. The van der Waals surface area contributed by atoms with Crippen molar-refractivity contribution in [1.29, 1.82) is 0 Å². The minimum atomic E-state index is -0.549. The second kappa shape index (κ2) is 8.70. The largest absolute Gasteiger partial charge is 0.391 e. The van der Waals surface area contributed by atoms with Gasteiger partial charge in [0.15, 0.2) is 0 Å². The van der Waals surface area contributed by atoms with Crippen molar-refractivity contribution >= 4 is 11.3 Å². The summed E-state index contributed by atoms with van der Waals surface area (Å²) in [4.78, 5) is 3.71. The van der Waals surface area contributed by atoms with Crippen molar-refractivity contribution in [2.75, 3.05) is 6.54 Å². The van der Waals surface area contributed by atoms with Gasteiger partial charge in [-0.15, -0.1) is 16.4 Å². The van der Waals surface area contributed by atoms with Crippen LogP contribution in [0.25, 0.3) is 11.3 Å². The highest BCUT2D eigenvalue weighted by Gasteiger charge is 2.37. The van der Waals surface area contributed by atoms with Crippen LogP contribution in [0.4, 0.5) is 4.39 Å². The number of aliphatic hydroxyl groups excluding tert-OH is 1. The molecule has 1 saturated heterocycles. The van der Waals surface area contributed by atoms with Gasteiger partial charge in [-0.2, -0.15) is 0 Å². The van der Waals surface area contributed by atoms with Crippen LogP contribution >= 0.6 is 11.3 Å². The van der Waals surface area contributed by atoms with Crippen LogP contribution in [-0.4, -0.2) is 37.6 Å². The zero-order valence-corrected chi connectivity index (χ0v) is 17.7. The molecule has 158 valence electrons. The summed E-state index contributed by atoms with van der Waals surface area (Å²) in [7, 11) is 0. The molecule has 1 aliphatic heterocycles. The number of likely N-dealkylation sites (tertiary alicyclic amines) is 1. The lowest BCUT2D eigenvalue weighted by Gasteiger charge is -2.42. The molecule has 7 heteroatoms. The van der Waals surface area contributed by atoms with Crippen LogP contribution in [0.5, 0.6) is 0 Å². The van der Waals surface area contributed by atoms with E-state index in [2.05, 4.69) is 44.9 Å². The Morgan fingerprint density at radius 3 is 2.58 bits per heavy atom. The lowest BCUT2D eigenvalue weighted by Crippen LogP contribution is -2.45. The summed E-state index contributed by atoms with van der Waals surface area (Å²) in [6.45, 7) is 1.48. The number of nitrogens with zero attached hydrogens (tertiary/aromatic N) is 4. The van der Waals surface area contributed by atoms with Crippen molar-refractivity contribution in [2.24, 2.45) is 0 Å². The fraction of sp³-hybridized carbons (Fsp3) is 0.250. The normalized spacial score (nSPS) is 21.9. The Hall–Kier alpha value is -2.87. The van der Waals surface area contributed by atoms with E-state index in [4.69, 9.17) is 0 Å². The zero-order valence-electron chi connectivity index (χ0n) is 16.9. The highest BCUT2D eigenvalue weighted by molar-refractivity contribution is 7.09. The minimum absolute atomic E-state index is 0.134. The van der Waals surface area contributed by atoms with Gasteiger partial charge in [0, 0.05) is 29.6 Å². The third-order valence-electron chi connectivity index (χ3n) is 5.88. The molecule has 0 aliphatic carbocycles. The van der Waals surface area contributed by atoms with E-state index in [-0.39, 0.29) is 17.9 Å². The predicted molar refractivity (Wildman–Crippen MR) is 119 cm³/mol. The third-order valence-corrected chi connectivity index (χ3v) is 6.75. The molecule has 2 aromatic carbocycles. The zero-order chi connectivity index (χ0) is 21.2. The SMILES string of the molecule is O[C@H]1C[C@H](c2ccccc2)N(Cc2cccs2)C[C@H]1n1cc(-c2ccc(F)cc2)nn1. The lowest BCUT2D eigenvalue weighted by molar-refractivity contribution is -0.0105. The quantitative estimate of drug-likeness (QED) is 0.495. The van der Waals surface area contributed by atoms with E-state index in [1.165, 1.54) is 22.6 Å². The first-order valence-corrected chi connectivity index (χ1v) is 11.2. The second-order valence-corrected chi connectivity index (χ2v) is 8.93. The average Bonchev–Trinajstić information content (AvgIpc) is 3.48. The van der Waals surface area contributed by atoms with Crippen molar-refractivity contribution in [3.05, 3.63) is 94.6 Å². The molecule has 0 bridgehead atoms. The van der Waals surface area contributed by atoms with Crippen LogP contribution in [0.15, 0.2) is 78.3 Å². The molecule has 0 spiro atoms. The van der Waals surface area contributed by atoms with Gasteiger partial charge in [0.25, 0.3) is 0 Å². The van der Waals surface area contributed by atoms with E-state index in [1.54, 1.807) is 28.2 Å². The summed E-state index contributed by atoms with van der Waals surface area (Å²) in [5, 5.41) is 21.7. The first kappa shape index (κ1) is 20.1. The Balaban J connectivity index is 1.42. The number of piperidine rings is 1. The maximum atomic E-state index is 13.2. The maximum absolute atomic E-state index is 13.2. The number of halogens is 1. The minimum Gasteiger partial charge on any atom is -0.391 e. The summed E-state index contributed by atoms with van der Waals surface area (Å²) < 4.78 is 15.0. The Labute approximate surface area is 184 Å². The number of hydrogen-bond acceptors (Lipinski definition) is 5. The van der Waals surface area contributed by atoms with E-state index in [0.717, 1.165) is 12.1 Å². The number of thiophene rings is 1. The molecule has 3 atom stereocenters. The number of benzene rings is 2. The Morgan fingerprint density at radius 1 is 1.03 bits per heavy atom. The standard InChI is InChI=1S/C24H23FN4OS/c25-19-10-8-17(9-11-19)21-15-29(27-26-21)23-16-28(14-20-7-4-12-31-20)22(13-24(23)30)18-5-2-1-3-6-18/h1-12,15,22-24,30H,13-14,16H2/t22-,23-,24+/m1/s1. The van der Waals surface area contributed by atoms with Gasteiger partial charge in [0.05, 0.1) is 18.3 Å². The van der Waals surface area contributed by atoms with Gasteiger partial charge < -0.3 is 5.11 Å². The molecule has 4 aromatic rings. The Kier molecular flexibility index (Phi) is 5.63. The first-order chi connectivity index (χ1) is 15.2. The van der Waals surface area contributed by atoms with Gasteiger partial charge in [-0.1, -0.05) is 41.6 Å². The molecule has 1 N–H and O–H groups in total. The van der Waals surface area contributed by atoms with Crippen molar-refractivity contribution in [3.8, 4) is 11.3 Å². The van der Waals surface area contributed by atoms with E-state index in [0.29, 0.717) is 18.7 Å². The molecule has 0 saturated carbocycles. The number of hydrogen-bond donors (Lipinski definition) is 1. The monoisotopic (exact) mass is 434 g/mol. The van der Waals surface area contributed by atoms with Crippen molar-refractivity contribution in [3.63, 3.8) is 0 Å². The van der Waals surface area contributed by atoms with E-state index in [1.807, 2.05) is 24.4 Å². The summed E-state index contributed by atoms with van der Waals surface area (Å²) in [5.74, 6) is -0.282. The molecular formula is C24H23FN4OS. The molecule has 1 aliphatic rings. The summed E-state index contributed by atoms with van der Waals surface area (Å²) in [5.41, 5.74) is 2.68. The topological polar surface area (TPSA) is 54.2 Å². The summed E-state index contributed by atoms with van der Waals surface area (Å²) >= 11 is 1.74. The van der Waals surface area contributed by atoms with Crippen molar-refractivity contribution < 1.29 is 9.50 Å². The fourth-order valence-electron chi connectivity index (χ4n) is 4.28. The van der Waals surface area contributed by atoms with Crippen LogP contribution in [0.2, 0.25) is 0 Å². The number of aromatic nitrogens is 3. The van der Waals surface area contributed by atoms with Crippen LogP contribution in [0.3, 0.4) is 0 Å². The number of aliphatic hydroxyl groups is 1. The molecule has 2 aromatic heterocycles. The first-order valence-electron chi connectivity index (χ1n) is 10.3. The van der Waals surface area contributed by atoms with E-state index < -0.39 is 6.10 Å². The van der Waals surface area contributed by atoms with Gasteiger partial charge in [-0.3, -0.25) is 4.90 Å². The lowest BCUT2D eigenvalue weighted by atomic mass is 9.90. The maximum Gasteiger partial charge on any atom is 0.123 e. The molecule has 1 fully saturated rings. The van der Waals surface area contributed by atoms with Crippen LogP contribution in [-0.2, 0) is 6.54 Å². The Bertz CT molecular complexity index is 1110. The Morgan fingerprint density at radius 2 is 1.84 bits per heavy atom. The molecular weight excluding hydrogens is 411 g/mol. The predicted octanol–water partition coefficient (Wildman–Crippen LogP) is 4.69. The highest BCUT2D eigenvalue weighted by Crippen LogP contribution is 2.37. The third kappa shape index (κ3) is 4.30. The second-order valence-electron chi connectivity index (χ2n) is 7.90. The molecule has 0 radical (unpaired) electrons. The summed E-state index contributed by atoms with van der Waals surface area (Å²) in [6, 6.07) is 20.7. The van der Waals surface area contributed by atoms with Crippen molar-refractivity contribution in [2.45, 2.75) is 31.2 Å². The molecule has 3 heterocycles.